The van der Waals surface area contributed by atoms with Gasteiger partial charge < -0.3 is 15.5 Å². The number of para-hydroxylation sites is 1. The van der Waals surface area contributed by atoms with E-state index in [1.165, 1.54) is 12.1 Å². The Kier molecular flexibility index (Phi) is 5.60. The summed E-state index contributed by atoms with van der Waals surface area (Å²) in [6.07, 6.45) is 3.26. The van der Waals surface area contributed by atoms with Crippen LogP contribution in [0.5, 0.6) is 0 Å². The first-order chi connectivity index (χ1) is 16.1. The standard InChI is InChI=1S/C24H24FN7O/c1-31-21(10-13-26-31)22-17-6-2-3-7-18(17)23(30-29-22)32-14-11-16(12-15-32)27-24(33)28-20-9-5-4-8-19(20)25/h2-10,13,16H,11-12,14-15H2,1H3,(H2,27,28,33). The van der Waals surface area contributed by atoms with E-state index in [-0.39, 0.29) is 11.7 Å². The Labute approximate surface area is 190 Å². The minimum absolute atomic E-state index is 0.000891. The molecule has 2 aromatic heterocycles. The molecule has 1 aliphatic rings. The Hall–Kier alpha value is -4.01. The number of amides is 2. The molecule has 0 unspecified atom stereocenters. The average molecular weight is 446 g/mol. The highest BCUT2D eigenvalue weighted by molar-refractivity contribution is 5.99. The van der Waals surface area contributed by atoms with Gasteiger partial charge in [0.15, 0.2) is 5.82 Å². The molecule has 33 heavy (non-hydrogen) atoms. The summed E-state index contributed by atoms with van der Waals surface area (Å²) >= 11 is 0. The van der Waals surface area contributed by atoms with E-state index in [1.807, 2.05) is 25.2 Å². The molecule has 2 N–H and O–H groups in total. The molecule has 4 aromatic rings. The molecule has 8 nitrogen and oxygen atoms in total. The lowest BCUT2D eigenvalue weighted by Crippen LogP contribution is -2.46. The summed E-state index contributed by atoms with van der Waals surface area (Å²) in [5, 5.41) is 21.0. The van der Waals surface area contributed by atoms with Crippen molar-refractivity contribution < 1.29 is 9.18 Å². The normalized spacial score (nSPS) is 14.4. The number of carbonyl (C=O) groups is 1. The summed E-state index contributed by atoms with van der Waals surface area (Å²) in [5.41, 5.74) is 1.88. The second-order valence-corrected chi connectivity index (χ2v) is 8.10. The third-order valence-electron chi connectivity index (χ3n) is 5.98. The van der Waals surface area contributed by atoms with Crippen molar-refractivity contribution in [2.24, 2.45) is 7.05 Å². The summed E-state index contributed by atoms with van der Waals surface area (Å²) in [4.78, 5) is 14.5. The molecule has 1 aliphatic heterocycles. The van der Waals surface area contributed by atoms with E-state index in [2.05, 4.69) is 43.0 Å². The maximum atomic E-state index is 13.8. The largest absolute Gasteiger partial charge is 0.354 e. The molecule has 0 bridgehead atoms. The molecule has 0 radical (unpaired) electrons. The molecular weight excluding hydrogens is 421 g/mol. The highest BCUT2D eigenvalue weighted by atomic mass is 19.1. The van der Waals surface area contributed by atoms with Crippen molar-refractivity contribution >= 4 is 28.3 Å². The monoisotopic (exact) mass is 445 g/mol. The molecule has 0 atom stereocenters. The zero-order valence-corrected chi connectivity index (χ0v) is 18.2. The van der Waals surface area contributed by atoms with Gasteiger partial charge in [-0.25, -0.2) is 9.18 Å². The van der Waals surface area contributed by atoms with Crippen LogP contribution < -0.4 is 15.5 Å². The van der Waals surface area contributed by atoms with Crippen molar-refractivity contribution in [2.75, 3.05) is 23.3 Å². The molecule has 5 rings (SSSR count). The molecule has 2 amide bonds. The molecule has 1 saturated heterocycles. The third kappa shape index (κ3) is 4.21. The predicted molar refractivity (Wildman–Crippen MR) is 126 cm³/mol. The second-order valence-electron chi connectivity index (χ2n) is 8.10. The Morgan fingerprint density at radius 3 is 2.45 bits per heavy atom. The number of urea groups is 1. The van der Waals surface area contributed by atoms with E-state index in [0.717, 1.165) is 53.9 Å². The van der Waals surface area contributed by atoms with E-state index in [9.17, 15) is 9.18 Å². The number of fused-ring (bicyclic) bond motifs is 1. The van der Waals surface area contributed by atoms with Gasteiger partial charge in [0, 0.05) is 43.1 Å². The van der Waals surface area contributed by atoms with E-state index in [4.69, 9.17) is 0 Å². The van der Waals surface area contributed by atoms with Gasteiger partial charge in [-0.1, -0.05) is 36.4 Å². The van der Waals surface area contributed by atoms with Crippen molar-refractivity contribution in [1.82, 2.24) is 25.3 Å². The van der Waals surface area contributed by atoms with Crippen LogP contribution in [-0.2, 0) is 7.05 Å². The number of nitrogens with zero attached hydrogens (tertiary/aromatic N) is 5. The lowest BCUT2D eigenvalue weighted by molar-refractivity contribution is 0.246. The number of aryl methyl sites for hydroxylation is 1. The van der Waals surface area contributed by atoms with E-state index in [1.54, 1.807) is 23.0 Å². The Balaban J connectivity index is 1.29. The highest BCUT2D eigenvalue weighted by Crippen LogP contribution is 2.32. The number of anilines is 2. The van der Waals surface area contributed by atoms with Crippen molar-refractivity contribution in [2.45, 2.75) is 18.9 Å². The number of benzene rings is 2. The summed E-state index contributed by atoms with van der Waals surface area (Å²) in [6.45, 7) is 1.46. The van der Waals surface area contributed by atoms with Gasteiger partial charge >= 0.3 is 6.03 Å². The summed E-state index contributed by atoms with van der Waals surface area (Å²) < 4.78 is 15.6. The molecule has 168 valence electrons. The van der Waals surface area contributed by atoms with Crippen LogP contribution in [-0.4, -0.2) is 45.1 Å². The first-order valence-corrected chi connectivity index (χ1v) is 10.9. The van der Waals surface area contributed by atoms with E-state index in [0.29, 0.717) is 0 Å². The first kappa shape index (κ1) is 20.9. The Bertz CT molecular complexity index is 1300. The van der Waals surface area contributed by atoms with Gasteiger partial charge in [-0.05, 0) is 31.0 Å². The van der Waals surface area contributed by atoms with E-state index >= 15 is 0 Å². The third-order valence-corrected chi connectivity index (χ3v) is 5.98. The number of carbonyl (C=O) groups excluding carboxylic acids is 1. The predicted octanol–water partition coefficient (Wildman–Crippen LogP) is 3.96. The topological polar surface area (TPSA) is 88.0 Å². The lowest BCUT2D eigenvalue weighted by Gasteiger charge is -2.33. The second kappa shape index (κ2) is 8.85. The minimum atomic E-state index is -0.456. The zero-order valence-electron chi connectivity index (χ0n) is 18.2. The number of aromatic nitrogens is 4. The van der Waals surface area contributed by atoms with Crippen LogP contribution in [0.15, 0.2) is 60.8 Å². The zero-order chi connectivity index (χ0) is 22.8. The number of nitrogens with one attached hydrogen (secondary N) is 2. The van der Waals surface area contributed by atoms with Crippen molar-refractivity contribution in [3.8, 4) is 11.4 Å². The SMILES string of the molecule is Cn1nccc1-c1nnc(N2CCC(NC(=O)Nc3ccccc3F)CC2)c2ccccc12. The molecule has 0 aliphatic carbocycles. The Morgan fingerprint density at radius 1 is 1.00 bits per heavy atom. The molecule has 1 fully saturated rings. The van der Waals surface area contributed by atoms with Gasteiger partial charge in [0.05, 0.1) is 11.4 Å². The fourth-order valence-corrected chi connectivity index (χ4v) is 4.26. The van der Waals surface area contributed by atoms with Gasteiger partial charge in [-0.15, -0.1) is 10.2 Å². The number of halogens is 1. The quantitative estimate of drug-likeness (QED) is 0.497. The smallest absolute Gasteiger partial charge is 0.319 e. The van der Waals surface area contributed by atoms with Crippen LogP contribution in [0.2, 0.25) is 0 Å². The fraction of sp³-hybridized carbons (Fsp3) is 0.250. The van der Waals surface area contributed by atoms with Crippen LogP contribution in [0, 0.1) is 5.82 Å². The highest BCUT2D eigenvalue weighted by Gasteiger charge is 2.24. The van der Waals surface area contributed by atoms with E-state index < -0.39 is 11.8 Å². The Morgan fingerprint density at radius 2 is 1.73 bits per heavy atom. The fourth-order valence-electron chi connectivity index (χ4n) is 4.26. The maximum Gasteiger partial charge on any atom is 0.319 e. The van der Waals surface area contributed by atoms with Crippen LogP contribution in [0.3, 0.4) is 0 Å². The van der Waals surface area contributed by atoms with Gasteiger partial charge in [0.1, 0.15) is 11.5 Å². The number of piperidine rings is 1. The molecule has 2 aromatic carbocycles. The maximum absolute atomic E-state index is 13.8. The van der Waals surface area contributed by atoms with Gasteiger partial charge in [-0.3, -0.25) is 4.68 Å². The van der Waals surface area contributed by atoms with Gasteiger partial charge in [0.25, 0.3) is 0 Å². The number of rotatable bonds is 4. The molecule has 0 spiro atoms. The summed E-state index contributed by atoms with van der Waals surface area (Å²) in [6, 6.07) is 15.8. The summed E-state index contributed by atoms with van der Waals surface area (Å²) in [7, 11) is 1.89. The lowest BCUT2D eigenvalue weighted by atomic mass is 10.0. The number of hydrogen-bond donors (Lipinski definition) is 2. The van der Waals surface area contributed by atoms with Crippen molar-refractivity contribution in [3.05, 3.63) is 66.6 Å². The first-order valence-electron chi connectivity index (χ1n) is 10.9. The van der Waals surface area contributed by atoms with Gasteiger partial charge in [-0.2, -0.15) is 5.10 Å². The number of hydrogen-bond acceptors (Lipinski definition) is 5. The molecule has 0 saturated carbocycles. The van der Waals surface area contributed by atoms with Crippen LogP contribution in [0.4, 0.5) is 20.7 Å². The van der Waals surface area contributed by atoms with Crippen molar-refractivity contribution in [3.63, 3.8) is 0 Å². The minimum Gasteiger partial charge on any atom is -0.354 e. The molecule has 3 heterocycles. The molecular formula is C24H24FN7O. The van der Waals surface area contributed by atoms with Crippen LogP contribution in [0.25, 0.3) is 22.2 Å². The van der Waals surface area contributed by atoms with Crippen molar-refractivity contribution in [1.29, 1.82) is 0 Å². The van der Waals surface area contributed by atoms with Gasteiger partial charge in [0.2, 0.25) is 0 Å². The molecule has 9 heteroatoms. The summed E-state index contributed by atoms with van der Waals surface area (Å²) in [5.74, 6) is 0.383. The average Bonchev–Trinajstić information content (AvgIpc) is 3.26. The van der Waals surface area contributed by atoms with Crippen LogP contribution >= 0.6 is 0 Å². The van der Waals surface area contributed by atoms with Crippen LogP contribution in [0.1, 0.15) is 12.8 Å².